The summed E-state index contributed by atoms with van der Waals surface area (Å²) >= 11 is 0. The smallest absolute Gasteiger partial charge is 0.233 e. The standard InChI is InChI=1S/C8H18N2O/c1-4-7(3)10-6-8(11)9-5-2/h7,10H,4-6H2,1-3H3,(H,9,11). The second-order valence-corrected chi connectivity index (χ2v) is 2.64. The zero-order chi connectivity index (χ0) is 8.69. The molecule has 0 aromatic rings. The van der Waals surface area contributed by atoms with Gasteiger partial charge in [0, 0.05) is 12.6 Å². The van der Waals surface area contributed by atoms with Crippen LogP contribution in [0.1, 0.15) is 27.2 Å². The molecule has 0 saturated carbocycles. The number of amides is 1. The van der Waals surface area contributed by atoms with Crippen molar-refractivity contribution in [3.63, 3.8) is 0 Å². The van der Waals surface area contributed by atoms with Crippen molar-refractivity contribution in [1.29, 1.82) is 0 Å². The van der Waals surface area contributed by atoms with E-state index < -0.39 is 0 Å². The van der Waals surface area contributed by atoms with Gasteiger partial charge in [0.15, 0.2) is 0 Å². The van der Waals surface area contributed by atoms with Gasteiger partial charge in [-0.05, 0) is 20.3 Å². The Morgan fingerprint density at radius 3 is 2.55 bits per heavy atom. The molecule has 1 unspecified atom stereocenters. The van der Waals surface area contributed by atoms with Crippen molar-refractivity contribution in [2.24, 2.45) is 0 Å². The molecule has 11 heavy (non-hydrogen) atoms. The fraction of sp³-hybridized carbons (Fsp3) is 0.875. The van der Waals surface area contributed by atoms with Crippen molar-refractivity contribution < 1.29 is 4.79 Å². The van der Waals surface area contributed by atoms with Crippen LogP contribution < -0.4 is 10.6 Å². The highest BCUT2D eigenvalue weighted by atomic mass is 16.1. The highest BCUT2D eigenvalue weighted by Gasteiger charge is 2.00. The van der Waals surface area contributed by atoms with Gasteiger partial charge < -0.3 is 10.6 Å². The predicted octanol–water partition coefficient (Wildman–Crippen LogP) is 0.511. The first kappa shape index (κ1) is 10.4. The highest BCUT2D eigenvalue weighted by Crippen LogP contribution is 1.85. The normalized spacial score (nSPS) is 12.6. The van der Waals surface area contributed by atoms with Gasteiger partial charge in [-0.2, -0.15) is 0 Å². The van der Waals surface area contributed by atoms with E-state index in [1.165, 1.54) is 0 Å². The van der Waals surface area contributed by atoms with E-state index in [1.807, 2.05) is 6.92 Å². The van der Waals surface area contributed by atoms with Gasteiger partial charge in [-0.15, -0.1) is 0 Å². The number of nitrogens with one attached hydrogen (secondary N) is 2. The van der Waals surface area contributed by atoms with Crippen molar-refractivity contribution in [1.82, 2.24) is 10.6 Å². The lowest BCUT2D eigenvalue weighted by Gasteiger charge is -2.10. The van der Waals surface area contributed by atoms with E-state index in [0.717, 1.165) is 6.42 Å². The van der Waals surface area contributed by atoms with Gasteiger partial charge in [0.1, 0.15) is 0 Å². The molecule has 0 rings (SSSR count). The van der Waals surface area contributed by atoms with Crippen LogP contribution in [0.3, 0.4) is 0 Å². The summed E-state index contributed by atoms with van der Waals surface area (Å²) in [6.07, 6.45) is 1.05. The first-order valence-corrected chi connectivity index (χ1v) is 4.20. The summed E-state index contributed by atoms with van der Waals surface area (Å²) in [5.74, 6) is 0.0767. The molecule has 0 radical (unpaired) electrons. The molecule has 0 spiro atoms. The number of hydrogen-bond acceptors (Lipinski definition) is 2. The average Bonchev–Trinajstić information content (AvgIpc) is 2.01. The van der Waals surface area contributed by atoms with E-state index in [2.05, 4.69) is 24.5 Å². The topological polar surface area (TPSA) is 41.1 Å². The fourth-order valence-electron chi connectivity index (χ4n) is 0.671. The summed E-state index contributed by atoms with van der Waals surface area (Å²) in [6.45, 7) is 7.22. The maximum Gasteiger partial charge on any atom is 0.233 e. The summed E-state index contributed by atoms with van der Waals surface area (Å²) in [5.41, 5.74) is 0. The minimum absolute atomic E-state index is 0.0767. The molecule has 0 aromatic heterocycles. The zero-order valence-corrected chi connectivity index (χ0v) is 7.61. The van der Waals surface area contributed by atoms with Crippen LogP contribution in [0.15, 0.2) is 0 Å². The Balaban J connectivity index is 3.30. The van der Waals surface area contributed by atoms with Crippen LogP contribution in [0.5, 0.6) is 0 Å². The second kappa shape index (κ2) is 6.16. The summed E-state index contributed by atoms with van der Waals surface area (Å²) in [4.78, 5) is 10.9. The quantitative estimate of drug-likeness (QED) is 0.612. The molecule has 0 aromatic carbocycles. The molecule has 66 valence electrons. The summed E-state index contributed by atoms with van der Waals surface area (Å²) in [6, 6.07) is 0.428. The van der Waals surface area contributed by atoms with Gasteiger partial charge in [0.05, 0.1) is 6.54 Å². The van der Waals surface area contributed by atoms with Gasteiger partial charge in [0.2, 0.25) is 5.91 Å². The highest BCUT2D eigenvalue weighted by molar-refractivity contribution is 5.77. The Bertz CT molecular complexity index is 115. The molecule has 3 heteroatoms. The van der Waals surface area contributed by atoms with Crippen LogP contribution in [0, 0.1) is 0 Å². The molecule has 0 saturated heterocycles. The number of carbonyl (C=O) groups is 1. The van der Waals surface area contributed by atoms with Crippen molar-refractivity contribution >= 4 is 5.91 Å². The van der Waals surface area contributed by atoms with E-state index in [4.69, 9.17) is 0 Å². The Labute approximate surface area is 68.6 Å². The van der Waals surface area contributed by atoms with E-state index in [-0.39, 0.29) is 5.91 Å². The maximum atomic E-state index is 10.9. The van der Waals surface area contributed by atoms with Crippen LogP contribution in [0.25, 0.3) is 0 Å². The number of hydrogen-bond donors (Lipinski definition) is 2. The third kappa shape index (κ3) is 5.85. The molecule has 0 fully saturated rings. The molecule has 0 aliphatic heterocycles. The van der Waals surface area contributed by atoms with Crippen molar-refractivity contribution in [2.75, 3.05) is 13.1 Å². The van der Waals surface area contributed by atoms with Crippen LogP contribution in [-0.2, 0) is 4.79 Å². The van der Waals surface area contributed by atoms with E-state index in [1.54, 1.807) is 0 Å². The van der Waals surface area contributed by atoms with Crippen LogP contribution in [-0.4, -0.2) is 25.0 Å². The van der Waals surface area contributed by atoms with Gasteiger partial charge >= 0.3 is 0 Å². The number of rotatable bonds is 5. The minimum Gasteiger partial charge on any atom is -0.355 e. The van der Waals surface area contributed by atoms with Gasteiger partial charge in [0.25, 0.3) is 0 Å². The molecular weight excluding hydrogens is 140 g/mol. The lowest BCUT2D eigenvalue weighted by Crippen LogP contribution is -2.37. The SMILES string of the molecule is CCNC(=O)CNC(C)CC. The number of carbonyl (C=O) groups excluding carboxylic acids is 1. The largest absolute Gasteiger partial charge is 0.355 e. The Hall–Kier alpha value is -0.570. The third-order valence-corrected chi connectivity index (χ3v) is 1.60. The first-order valence-electron chi connectivity index (χ1n) is 4.20. The number of likely N-dealkylation sites (N-methyl/N-ethyl adjacent to an activating group) is 1. The fourth-order valence-corrected chi connectivity index (χ4v) is 0.671. The van der Waals surface area contributed by atoms with E-state index in [9.17, 15) is 4.79 Å². The summed E-state index contributed by atoms with van der Waals surface area (Å²) in [7, 11) is 0. The molecule has 0 heterocycles. The predicted molar refractivity (Wildman–Crippen MR) is 46.4 cm³/mol. The third-order valence-electron chi connectivity index (χ3n) is 1.60. The van der Waals surface area contributed by atoms with E-state index in [0.29, 0.717) is 19.1 Å². The van der Waals surface area contributed by atoms with Crippen molar-refractivity contribution in [3.8, 4) is 0 Å². The van der Waals surface area contributed by atoms with Gasteiger partial charge in [-0.25, -0.2) is 0 Å². The summed E-state index contributed by atoms with van der Waals surface area (Å²) < 4.78 is 0. The second-order valence-electron chi connectivity index (χ2n) is 2.64. The molecule has 3 nitrogen and oxygen atoms in total. The van der Waals surface area contributed by atoms with Crippen molar-refractivity contribution in [2.45, 2.75) is 33.2 Å². The Morgan fingerprint density at radius 2 is 2.09 bits per heavy atom. The Kier molecular flexibility index (Phi) is 5.84. The molecule has 0 aliphatic rings. The molecule has 2 N–H and O–H groups in total. The first-order chi connectivity index (χ1) is 5.20. The van der Waals surface area contributed by atoms with Crippen LogP contribution >= 0.6 is 0 Å². The molecule has 1 atom stereocenters. The van der Waals surface area contributed by atoms with Crippen LogP contribution in [0.2, 0.25) is 0 Å². The molecule has 1 amide bonds. The summed E-state index contributed by atoms with van der Waals surface area (Å²) in [5, 5.41) is 5.83. The van der Waals surface area contributed by atoms with Gasteiger partial charge in [-0.3, -0.25) is 4.79 Å². The lowest BCUT2D eigenvalue weighted by atomic mass is 10.2. The van der Waals surface area contributed by atoms with Crippen LogP contribution in [0.4, 0.5) is 0 Å². The Morgan fingerprint density at radius 1 is 1.45 bits per heavy atom. The molecule has 0 aliphatic carbocycles. The maximum absolute atomic E-state index is 10.9. The zero-order valence-electron chi connectivity index (χ0n) is 7.61. The van der Waals surface area contributed by atoms with E-state index >= 15 is 0 Å². The van der Waals surface area contributed by atoms with Gasteiger partial charge in [-0.1, -0.05) is 6.92 Å². The average molecular weight is 158 g/mol. The molecular formula is C8H18N2O. The lowest BCUT2D eigenvalue weighted by molar-refractivity contribution is -0.120. The molecule has 0 bridgehead atoms. The monoisotopic (exact) mass is 158 g/mol. The van der Waals surface area contributed by atoms with Crippen molar-refractivity contribution in [3.05, 3.63) is 0 Å². The minimum atomic E-state index is 0.0767.